The molecule has 170 valence electrons. The molecule has 0 N–H and O–H groups in total. The first-order valence-electron chi connectivity index (χ1n) is 9.71. The van der Waals surface area contributed by atoms with Crippen LogP contribution in [0.1, 0.15) is 41.1 Å². The zero-order valence-corrected chi connectivity index (χ0v) is 18.6. The monoisotopic (exact) mass is 485 g/mol. The van der Waals surface area contributed by atoms with Crippen LogP contribution in [-0.2, 0) is 17.7 Å². The van der Waals surface area contributed by atoms with E-state index in [4.69, 9.17) is 16.3 Å². The van der Waals surface area contributed by atoms with Gasteiger partial charge < -0.3 is 4.74 Å². The summed E-state index contributed by atoms with van der Waals surface area (Å²) < 4.78 is 44.2. The number of thiazole rings is 1. The number of nitrogens with zero attached hydrogens (tertiary/aromatic N) is 3. The quantitative estimate of drug-likeness (QED) is 0.413. The number of alkyl halides is 3. The predicted octanol–water partition coefficient (Wildman–Crippen LogP) is 5.13. The van der Waals surface area contributed by atoms with Gasteiger partial charge in [0.15, 0.2) is 0 Å². The third kappa shape index (κ3) is 6.39. The van der Waals surface area contributed by atoms with Crippen LogP contribution in [0.2, 0.25) is 5.02 Å². The molecule has 2 aromatic heterocycles. The highest BCUT2D eigenvalue weighted by molar-refractivity contribution is 7.11. The Hall–Kier alpha value is -2.72. The zero-order valence-electron chi connectivity index (χ0n) is 17.0. The summed E-state index contributed by atoms with van der Waals surface area (Å²) in [6, 6.07) is 7.95. The number of hydrogen-bond donors (Lipinski definition) is 0. The van der Waals surface area contributed by atoms with Crippen molar-refractivity contribution in [3.05, 3.63) is 67.6 Å². The van der Waals surface area contributed by atoms with Gasteiger partial charge in [-0.2, -0.15) is 13.2 Å². The Bertz CT molecular complexity index is 1140. The van der Waals surface area contributed by atoms with E-state index in [9.17, 15) is 22.8 Å². The van der Waals surface area contributed by atoms with Crippen molar-refractivity contribution < 1.29 is 22.7 Å². The minimum absolute atomic E-state index is 0.0238. The average Bonchev–Trinajstić information content (AvgIpc) is 3.19. The standard InChI is InChI=1S/C21H19ClF3N3O3S/c1-2-31-20(30)19-26-15(12-32-19)11-28-17(4-3-9-21(23,24)25)27-16(10-18(28)29)13-5-7-14(22)8-6-13/h5-8,10,12H,2-4,9,11H2,1H3. The van der Waals surface area contributed by atoms with Crippen molar-refractivity contribution in [1.29, 1.82) is 0 Å². The smallest absolute Gasteiger partial charge is 0.389 e. The van der Waals surface area contributed by atoms with Gasteiger partial charge in [-0.15, -0.1) is 11.3 Å². The second kappa shape index (κ2) is 10.3. The van der Waals surface area contributed by atoms with Crippen LogP contribution < -0.4 is 5.56 Å². The Morgan fingerprint density at radius 2 is 1.94 bits per heavy atom. The molecule has 0 unspecified atom stereocenters. The lowest BCUT2D eigenvalue weighted by molar-refractivity contribution is -0.135. The molecule has 0 atom stereocenters. The van der Waals surface area contributed by atoms with Crippen molar-refractivity contribution in [2.45, 2.75) is 38.9 Å². The molecule has 32 heavy (non-hydrogen) atoms. The summed E-state index contributed by atoms with van der Waals surface area (Å²) in [6.07, 6.45) is -5.56. The Morgan fingerprint density at radius 3 is 2.59 bits per heavy atom. The van der Waals surface area contributed by atoms with E-state index in [1.54, 1.807) is 36.6 Å². The number of carbonyl (C=O) groups is 1. The molecule has 0 bridgehead atoms. The van der Waals surface area contributed by atoms with E-state index in [2.05, 4.69) is 9.97 Å². The van der Waals surface area contributed by atoms with Crippen LogP contribution in [0, 0.1) is 0 Å². The highest BCUT2D eigenvalue weighted by atomic mass is 35.5. The first-order chi connectivity index (χ1) is 15.2. The topological polar surface area (TPSA) is 74.1 Å². The number of aryl methyl sites for hydroxylation is 1. The maximum atomic E-state index is 12.9. The van der Waals surface area contributed by atoms with Crippen molar-refractivity contribution in [3.8, 4) is 11.3 Å². The molecule has 6 nitrogen and oxygen atoms in total. The summed E-state index contributed by atoms with van der Waals surface area (Å²) in [5.74, 6) is -0.366. The molecule has 11 heteroatoms. The molecule has 0 spiro atoms. The first kappa shape index (κ1) is 23.9. The van der Waals surface area contributed by atoms with Crippen LogP contribution in [0.4, 0.5) is 13.2 Å². The van der Waals surface area contributed by atoms with Gasteiger partial charge in [0.05, 0.1) is 24.5 Å². The van der Waals surface area contributed by atoms with Gasteiger partial charge in [-0.25, -0.2) is 14.8 Å². The van der Waals surface area contributed by atoms with Crippen molar-refractivity contribution in [3.63, 3.8) is 0 Å². The number of ether oxygens (including phenoxy) is 1. The van der Waals surface area contributed by atoms with Gasteiger partial charge in [0.1, 0.15) is 5.82 Å². The lowest BCUT2D eigenvalue weighted by atomic mass is 10.1. The summed E-state index contributed by atoms with van der Waals surface area (Å²) >= 11 is 6.97. The molecule has 1 aromatic carbocycles. The van der Waals surface area contributed by atoms with Gasteiger partial charge in [0, 0.05) is 34.9 Å². The van der Waals surface area contributed by atoms with Gasteiger partial charge >= 0.3 is 12.1 Å². The molecule has 0 aliphatic rings. The van der Waals surface area contributed by atoms with Gasteiger partial charge in [-0.3, -0.25) is 9.36 Å². The second-order valence-corrected chi connectivity index (χ2v) is 8.12. The number of halogens is 4. The maximum Gasteiger partial charge on any atom is 0.389 e. The van der Waals surface area contributed by atoms with Crippen LogP contribution in [0.5, 0.6) is 0 Å². The molecule has 0 aliphatic carbocycles. The number of benzene rings is 1. The van der Waals surface area contributed by atoms with Crippen molar-refractivity contribution in [2.24, 2.45) is 0 Å². The third-order valence-electron chi connectivity index (χ3n) is 4.41. The zero-order chi connectivity index (χ0) is 23.3. The molecule has 2 heterocycles. The first-order valence-corrected chi connectivity index (χ1v) is 11.0. The Kier molecular flexibility index (Phi) is 7.68. The Labute approximate surface area is 190 Å². The van der Waals surface area contributed by atoms with E-state index in [0.29, 0.717) is 22.0 Å². The lowest BCUT2D eigenvalue weighted by Crippen LogP contribution is -2.26. The molecule has 3 aromatic rings. The van der Waals surface area contributed by atoms with E-state index < -0.39 is 24.1 Å². The summed E-state index contributed by atoms with van der Waals surface area (Å²) in [5, 5.41) is 2.25. The van der Waals surface area contributed by atoms with Gasteiger partial charge in [-0.05, 0) is 25.5 Å². The highest BCUT2D eigenvalue weighted by Crippen LogP contribution is 2.24. The number of esters is 1. The van der Waals surface area contributed by atoms with Crippen LogP contribution in [0.3, 0.4) is 0 Å². The molecule has 0 radical (unpaired) electrons. The molecule has 3 rings (SSSR count). The predicted molar refractivity (Wildman–Crippen MR) is 115 cm³/mol. The fraction of sp³-hybridized carbons (Fsp3) is 0.333. The largest absolute Gasteiger partial charge is 0.461 e. The van der Waals surface area contributed by atoms with Gasteiger partial charge in [0.2, 0.25) is 5.01 Å². The average molecular weight is 486 g/mol. The van der Waals surface area contributed by atoms with E-state index in [1.165, 1.54) is 10.6 Å². The Morgan fingerprint density at radius 1 is 1.22 bits per heavy atom. The molecular formula is C21H19ClF3N3O3S. The number of rotatable bonds is 8. The summed E-state index contributed by atoms with van der Waals surface area (Å²) in [7, 11) is 0. The van der Waals surface area contributed by atoms with Crippen molar-refractivity contribution in [2.75, 3.05) is 6.61 Å². The summed E-state index contributed by atoms with van der Waals surface area (Å²) in [5.41, 5.74) is 0.945. The van der Waals surface area contributed by atoms with E-state index in [-0.39, 0.29) is 36.8 Å². The molecule has 0 saturated carbocycles. The number of aromatic nitrogens is 3. The van der Waals surface area contributed by atoms with Crippen LogP contribution in [0.15, 0.2) is 40.5 Å². The van der Waals surface area contributed by atoms with Crippen LogP contribution in [0.25, 0.3) is 11.3 Å². The highest BCUT2D eigenvalue weighted by Gasteiger charge is 2.26. The number of hydrogen-bond acceptors (Lipinski definition) is 6. The van der Waals surface area contributed by atoms with Gasteiger partial charge in [-0.1, -0.05) is 23.7 Å². The molecule has 0 aliphatic heterocycles. The maximum absolute atomic E-state index is 12.9. The molecule has 0 saturated heterocycles. The summed E-state index contributed by atoms with van der Waals surface area (Å²) in [4.78, 5) is 33.3. The SMILES string of the molecule is CCOC(=O)c1nc(Cn2c(CCCC(F)(F)F)nc(-c3ccc(Cl)cc3)cc2=O)cs1. The normalized spacial score (nSPS) is 11.5. The van der Waals surface area contributed by atoms with Crippen LogP contribution >= 0.6 is 22.9 Å². The Balaban J connectivity index is 1.93. The minimum atomic E-state index is -4.30. The minimum Gasteiger partial charge on any atom is -0.461 e. The van der Waals surface area contributed by atoms with Gasteiger partial charge in [0.25, 0.3) is 5.56 Å². The molecular weight excluding hydrogens is 467 g/mol. The fourth-order valence-corrected chi connectivity index (χ4v) is 3.78. The molecule has 0 amide bonds. The second-order valence-electron chi connectivity index (χ2n) is 6.82. The third-order valence-corrected chi connectivity index (χ3v) is 5.53. The van der Waals surface area contributed by atoms with Crippen molar-refractivity contribution in [1.82, 2.24) is 14.5 Å². The fourth-order valence-electron chi connectivity index (χ4n) is 2.96. The summed E-state index contributed by atoms with van der Waals surface area (Å²) in [6.45, 7) is 1.85. The lowest BCUT2D eigenvalue weighted by Gasteiger charge is -2.13. The van der Waals surface area contributed by atoms with E-state index in [0.717, 1.165) is 11.3 Å². The number of carbonyl (C=O) groups excluding carboxylic acids is 1. The van der Waals surface area contributed by atoms with E-state index in [1.807, 2.05) is 0 Å². The van der Waals surface area contributed by atoms with E-state index >= 15 is 0 Å². The molecule has 0 fully saturated rings. The van der Waals surface area contributed by atoms with Crippen molar-refractivity contribution >= 4 is 28.9 Å². The van der Waals surface area contributed by atoms with Crippen LogP contribution in [-0.4, -0.2) is 33.3 Å².